The van der Waals surface area contributed by atoms with Gasteiger partial charge in [-0.3, -0.25) is 0 Å². The predicted octanol–water partition coefficient (Wildman–Crippen LogP) is 2.95. The molecule has 1 N–H and O–H groups in total. The first-order valence-corrected chi connectivity index (χ1v) is 9.03. The van der Waals surface area contributed by atoms with E-state index in [1.54, 1.807) is 19.1 Å². The molecule has 110 valence electrons. The maximum absolute atomic E-state index is 12.5. The zero-order valence-corrected chi connectivity index (χ0v) is 14.0. The van der Waals surface area contributed by atoms with Crippen molar-refractivity contribution in [3.05, 3.63) is 29.3 Å². The van der Waals surface area contributed by atoms with Gasteiger partial charge in [0.1, 0.15) is 11.0 Å². The van der Waals surface area contributed by atoms with Gasteiger partial charge in [-0.15, -0.1) is 10.7 Å². The summed E-state index contributed by atoms with van der Waals surface area (Å²) in [6.07, 6.45) is 0. The molecule has 4 nitrogen and oxygen atoms in total. The molecule has 1 aromatic carbocycles. The summed E-state index contributed by atoms with van der Waals surface area (Å²) in [7, 11) is -4.24. The van der Waals surface area contributed by atoms with Crippen LogP contribution < -0.4 is 4.13 Å². The van der Waals surface area contributed by atoms with E-state index < -0.39 is 20.7 Å². The van der Waals surface area contributed by atoms with Gasteiger partial charge < -0.3 is 0 Å². The largest absolute Gasteiger partial charge is 0.250 e. The average molecular weight is 312 g/mol. The third kappa shape index (κ3) is 3.69. The Morgan fingerprint density at radius 2 is 1.95 bits per heavy atom. The molecule has 0 radical (unpaired) electrons. The second-order valence-electron chi connectivity index (χ2n) is 4.94. The third-order valence-corrected chi connectivity index (χ3v) is 7.08. The lowest BCUT2D eigenvalue weighted by atomic mass is 10.1. The number of hydrogen-bond acceptors (Lipinski definition) is 3. The van der Waals surface area contributed by atoms with Gasteiger partial charge in [-0.1, -0.05) is 26.0 Å². The van der Waals surface area contributed by atoms with Crippen LogP contribution in [0.4, 0.5) is 0 Å². The Hall–Kier alpha value is -1.16. The minimum atomic E-state index is -3.70. The number of benzene rings is 1. The van der Waals surface area contributed by atoms with Crippen LogP contribution in [0.2, 0.25) is 0 Å². The molecule has 0 aliphatic carbocycles. The fraction of sp³-hybridized carbons (Fsp3) is 0.429. The van der Waals surface area contributed by atoms with E-state index in [0.717, 1.165) is 4.86 Å². The number of rotatable bonds is 4. The van der Waals surface area contributed by atoms with Crippen molar-refractivity contribution in [2.24, 2.45) is 0 Å². The lowest BCUT2D eigenvalue weighted by Crippen LogP contribution is -2.24. The zero-order valence-electron chi connectivity index (χ0n) is 12.4. The van der Waals surface area contributed by atoms with E-state index in [0.29, 0.717) is 5.56 Å². The number of nitriles is 1. The molecule has 1 aromatic rings. The van der Waals surface area contributed by atoms with Crippen LogP contribution in [0.1, 0.15) is 38.8 Å². The summed E-state index contributed by atoms with van der Waals surface area (Å²) >= 11 is 0. The molecule has 0 aliphatic rings. The van der Waals surface area contributed by atoms with Crippen LogP contribution in [0.15, 0.2) is 23.1 Å². The maximum atomic E-state index is 12.5. The van der Waals surface area contributed by atoms with Gasteiger partial charge in [-0.05, 0) is 37.3 Å². The lowest BCUT2D eigenvalue weighted by Gasteiger charge is -2.18. The highest BCUT2D eigenvalue weighted by atomic mass is 32.3. The topological polar surface area (TPSA) is 70.0 Å². The molecular weight excluding hydrogens is 292 g/mol. The molecule has 0 saturated heterocycles. The van der Waals surface area contributed by atoms with Gasteiger partial charge in [0, 0.05) is 5.25 Å². The Labute approximate surface area is 123 Å². The van der Waals surface area contributed by atoms with E-state index in [1.165, 1.54) is 6.07 Å². The van der Waals surface area contributed by atoms with Crippen LogP contribution in [0.3, 0.4) is 0 Å². The van der Waals surface area contributed by atoms with Gasteiger partial charge in [0.05, 0.1) is 5.56 Å². The molecule has 6 heteroatoms. The maximum Gasteiger partial charge on any atom is 0.250 e. The molecule has 0 amide bonds. The zero-order chi connectivity index (χ0) is 15.5. The molecule has 1 atom stereocenters. The van der Waals surface area contributed by atoms with Gasteiger partial charge in [-0.2, -0.15) is 9.39 Å². The second kappa shape index (κ2) is 6.53. The van der Waals surface area contributed by atoms with Crippen LogP contribution >= 0.6 is 10.7 Å². The van der Waals surface area contributed by atoms with Crippen molar-refractivity contribution >= 4 is 25.6 Å². The van der Waals surface area contributed by atoms with Crippen molar-refractivity contribution in [1.29, 1.82) is 5.26 Å². The number of nitrogens with zero attached hydrogens (tertiary/aromatic N) is 1. The highest BCUT2D eigenvalue weighted by Crippen LogP contribution is 2.25. The van der Waals surface area contributed by atoms with E-state index in [2.05, 4.69) is 4.13 Å². The van der Waals surface area contributed by atoms with E-state index in [9.17, 15) is 8.42 Å². The first kappa shape index (κ1) is 16.9. The highest BCUT2D eigenvalue weighted by molar-refractivity contribution is 8.21. The summed E-state index contributed by atoms with van der Waals surface area (Å²) in [5.74, 6) is 0. The van der Waals surface area contributed by atoms with Crippen molar-refractivity contribution in [2.75, 3.05) is 0 Å². The quantitative estimate of drug-likeness (QED) is 0.869. The van der Waals surface area contributed by atoms with E-state index in [1.807, 2.05) is 33.8 Å². The van der Waals surface area contributed by atoms with Crippen LogP contribution in [0, 0.1) is 18.3 Å². The summed E-state index contributed by atoms with van der Waals surface area (Å²) < 4.78 is 27.8. The Balaban J connectivity index is 3.37. The number of hydrogen-bond donors (Lipinski definition) is 1. The van der Waals surface area contributed by atoms with Gasteiger partial charge in [-0.25, -0.2) is 8.42 Å². The van der Waals surface area contributed by atoms with E-state index in [4.69, 9.17) is 5.26 Å². The molecule has 0 saturated carbocycles. The standard InChI is InChI=1S/C14H20N2O2S2/c1-10(2)19(11(3)4)16-20(17,18)14-8-6-7-12(5)13(14)9-15/h6-8,10,16H,1-5H3. The molecular formula is C14H20N2O2S2. The number of aryl methyl sites for hydroxylation is 1. The Morgan fingerprint density at radius 1 is 1.35 bits per heavy atom. The first-order chi connectivity index (χ1) is 9.20. The first-order valence-electron chi connectivity index (χ1n) is 6.26. The average Bonchev–Trinajstić information content (AvgIpc) is 2.35. The van der Waals surface area contributed by atoms with Gasteiger partial charge in [0.15, 0.2) is 0 Å². The monoisotopic (exact) mass is 312 g/mol. The number of sulfonamides is 1. The Morgan fingerprint density at radius 3 is 2.40 bits per heavy atom. The highest BCUT2D eigenvalue weighted by Gasteiger charge is 2.22. The van der Waals surface area contributed by atoms with Crippen LogP contribution in [0.5, 0.6) is 0 Å². The fourth-order valence-corrected chi connectivity index (χ4v) is 6.24. The minimum Gasteiger partial charge on any atom is -0.206 e. The van der Waals surface area contributed by atoms with Crippen LogP contribution in [0.25, 0.3) is 0 Å². The Kier molecular flexibility index (Phi) is 5.51. The smallest absolute Gasteiger partial charge is 0.206 e. The fourth-order valence-electron chi connectivity index (χ4n) is 1.82. The summed E-state index contributed by atoms with van der Waals surface area (Å²) in [6, 6.07) is 6.84. The van der Waals surface area contributed by atoms with E-state index in [-0.39, 0.29) is 15.7 Å². The molecule has 20 heavy (non-hydrogen) atoms. The van der Waals surface area contributed by atoms with Crippen molar-refractivity contribution in [1.82, 2.24) is 4.13 Å². The van der Waals surface area contributed by atoms with Crippen molar-refractivity contribution in [3.8, 4) is 6.07 Å². The molecule has 1 rings (SSSR count). The predicted molar refractivity (Wildman–Crippen MR) is 85.3 cm³/mol. The molecule has 0 fully saturated rings. The molecule has 0 spiro atoms. The summed E-state index contributed by atoms with van der Waals surface area (Å²) in [6.45, 7) is 9.50. The minimum absolute atomic E-state index is 0.0550. The van der Waals surface area contributed by atoms with Gasteiger partial charge >= 0.3 is 0 Å². The van der Waals surface area contributed by atoms with Crippen molar-refractivity contribution < 1.29 is 8.42 Å². The molecule has 0 aliphatic heterocycles. The normalized spacial score (nSPS) is 13.1. The third-order valence-electron chi connectivity index (χ3n) is 2.75. The van der Waals surface area contributed by atoms with E-state index >= 15 is 0 Å². The Bertz CT molecular complexity index is 680. The molecule has 0 aromatic heterocycles. The van der Waals surface area contributed by atoms with Crippen LogP contribution in [-0.2, 0) is 10.0 Å². The number of nitrogens with one attached hydrogen (secondary N) is 1. The van der Waals surface area contributed by atoms with Crippen molar-refractivity contribution in [3.63, 3.8) is 0 Å². The molecule has 1 unspecified atom stereocenters. The van der Waals surface area contributed by atoms with Gasteiger partial charge in [0.25, 0.3) is 10.0 Å². The summed E-state index contributed by atoms with van der Waals surface area (Å²) in [5.41, 5.74) is 0.873. The summed E-state index contributed by atoms with van der Waals surface area (Å²) in [5, 5.41) is 9.34. The lowest BCUT2D eigenvalue weighted by molar-refractivity contribution is 0.594. The van der Waals surface area contributed by atoms with Gasteiger partial charge in [0.2, 0.25) is 0 Å². The van der Waals surface area contributed by atoms with Crippen molar-refractivity contribution in [2.45, 2.75) is 44.8 Å². The molecule has 0 bridgehead atoms. The van der Waals surface area contributed by atoms with Crippen LogP contribution in [-0.4, -0.2) is 18.5 Å². The SMILES string of the molecule is CC(C)=S(NS(=O)(=O)c1cccc(C)c1C#N)C(C)C. The summed E-state index contributed by atoms with van der Waals surface area (Å²) in [4.78, 5) is 1.08. The molecule has 0 heterocycles. The second-order valence-corrected chi connectivity index (χ2v) is 9.49.